The molecule has 0 aliphatic heterocycles. The molecule has 7 N–H and O–H groups in total. The molecule has 0 saturated heterocycles. The lowest BCUT2D eigenvalue weighted by molar-refractivity contribution is 0.612. The lowest BCUT2D eigenvalue weighted by Gasteiger charge is -1.96. The molecule has 0 radical (unpaired) electrons. The van der Waals surface area contributed by atoms with E-state index in [1.165, 1.54) is 38.5 Å². The molecule has 0 saturated carbocycles. The van der Waals surface area contributed by atoms with E-state index in [1.54, 1.807) is 0 Å². The highest BCUT2D eigenvalue weighted by atomic mass is 14.9. The predicted octanol–water partition coefficient (Wildman–Crippen LogP) is 0.799. The molecule has 0 unspecified atom stereocenters. The van der Waals surface area contributed by atoms with E-state index in [4.69, 9.17) is 17.2 Å². The fraction of sp³-hybridized carbons (Fsp3) is 1.00. The van der Waals surface area contributed by atoms with Crippen molar-refractivity contribution < 1.29 is 0 Å². The van der Waals surface area contributed by atoms with Gasteiger partial charge in [-0.3, -0.25) is 0 Å². The Hall–Kier alpha value is -0.160. The van der Waals surface area contributed by atoms with Crippen molar-refractivity contribution in [3.05, 3.63) is 0 Å². The van der Waals surface area contributed by atoms with Crippen LogP contribution in [0.4, 0.5) is 0 Å². The van der Waals surface area contributed by atoms with E-state index in [0.717, 1.165) is 19.6 Å². The molecule has 0 aliphatic rings. The van der Waals surface area contributed by atoms with Crippen LogP contribution in [0.15, 0.2) is 0 Å². The van der Waals surface area contributed by atoms with E-state index in [2.05, 4.69) is 12.2 Å². The van der Waals surface area contributed by atoms with Gasteiger partial charge < -0.3 is 22.5 Å². The molecule has 4 nitrogen and oxygen atoms in total. The summed E-state index contributed by atoms with van der Waals surface area (Å²) in [5.41, 5.74) is 15.7. The Morgan fingerprint density at radius 1 is 0.688 bits per heavy atom. The van der Waals surface area contributed by atoms with Gasteiger partial charge in [-0.15, -0.1) is 0 Å². The van der Waals surface area contributed by atoms with Crippen molar-refractivity contribution in [3.8, 4) is 0 Å². The summed E-state index contributed by atoms with van der Waals surface area (Å²) in [7, 11) is 0. The Balaban J connectivity index is 0. The van der Waals surface area contributed by atoms with Crippen LogP contribution in [0.1, 0.15) is 45.4 Å². The first-order valence-electron chi connectivity index (χ1n) is 6.64. The molecule has 16 heavy (non-hydrogen) atoms. The smallest absolute Gasteiger partial charge is 0.00750 e. The van der Waals surface area contributed by atoms with Gasteiger partial charge in [-0.2, -0.15) is 0 Å². The number of nitrogens with two attached hydrogens (primary N) is 3. The van der Waals surface area contributed by atoms with Gasteiger partial charge in [0.1, 0.15) is 0 Å². The third kappa shape index (κ3) is 23.6. The minimum Gasteiger partial charge on any atom is -0.330 e. The highest BCUT2D eigenvalue weighted by Gasteiger charge is 1.85. The zero-order valence-corrected chi connectivity index (χ0v) is 11.0. The molecule has 0 aliphatic carbocycles. The maximum Gasteiger partial charge on any atom is 0.00750 e. The monoisotopic (exact) mass is 232 g/mol. The van der Waals surface area contributed by atoms with E-state index in [0.29, 0.717) is 13.1 Å². The zero-order valence-electron chi connectivity index (χ0n) is 11.0. The highest BCUT2D eigenvalue weighted by molar-refractivity contribution is 4.45. The number of hydrogen-bond donors (Lipinski definition) is 4. The standard InChI is InChI=1S/C8H19N.C4H13N3/c1-2-3-4-5-6-7-8-9;5-1-3-7-4-2-6/h2-9H2,1H3;7H,1-6H2. The SMILES string of the molecule is CCCCCCCCN.NCCNCCN. The molecule has 0 aromatic rings. The largest absolute Gasteiger partial charge is 0.330 e. The van der Waals surface area contributed by atoms with Crippen molar-refractivity contribution in [1.29, 1.82) is 0 Å². The van der Waals surface area contributed by atoms with Crippen molar-refractivity contribution in [2.45, 2.75) is 45.4 Å². The Morgan fingerprint density at radius 2 is 1.19 bits per heavy atom. The zero-order chi connectivity index (χ0) is 12.5. The molecule has 0 atom stereocenters. The molecular formula is C12H32N4. The van der Waals surface area contributed by atoms with Gasteiger partial charge in [-0.1, -0.05) is 39.0 Å². The van der Waals surface area contributed by atoms with Gasteiger partial charge >= 0.3 is 0 Å². The fourth-order valence-corrected chi connectivity index (χ4v) is 1.25. The van der Waals surface area contributed by atoms with E-state index in [9.17, 15) is 0 Å². The topological polar surface area (TPSA) is 90.1 Å². The Bertz CT molecular complexity index is 89.0. The summed E-state index contributed by atoms with van der Waals surface area (Å²) in [6.45, 7) is 6.24. The molecule has 0 heterocycles. The van der Waals surface area contributed by atoms with Crippen LogP contribution in [-0.4, -0.2) is 32.7 Å². The first-order chi connectivity index (χ1) is 7.83. The van der Waals surface area contributed by atoms with Crippen molar-refractivity contribution in [2.24, 2.45) is 17.2 Å². The van der Waals surface area contributed by atoms with Crippen LogP contribution in [0.25, 0.3) is 0 Å². The second kappa shape index (κ2) is 20.3. The predicted molar refractivity (Wildman–Crippen MR) is 73.4 cm³/mol. The maximum atomic E-state index is 5.34. The fourth-order valence-electron chi connectivity index (χ4n) is 1.25. The Labute approximate surface area is 101 Å². The van der Waals surface area contributed by atoms with Crippen LogP contribution in [0.5, 0.6) is 0 Å². The van der Waals surface area contributed by atoms with Gasteiger partial charge in [0.15, 0.2) is 0 Å². The molecule has 0 fully saturated rings. The van der Waals surface area contributed by atoms with Crippen molar-refractivity contribution in [1.82, 2.24) is 5.32 Å². The molecular weight excluding hydrogens is 200 g/mol. The second-order valence-corrected chi connectivity index (χ2v) is 3.88. The second-order valence-electron chi connectivity index (χ2n) is 3.88. The minimum atomic E-state index is 0.694. The van der Waals surface area contributed by atoms with Gasteiger partial charge in [0.2, 0.25) is 0 Å². The van der Waals surface area contributed by atoms with Crippen LogP contribution in [-0.2, 0) is 0 Å². The Kier molecular flexibility index (Phi) is 23.1. The Morgan fingerprint density at radius 3 is 1.62 bits per heavy atom. The number of rotatable bonds is 10. The molecule has 0 aromatic heterocycles. The summed E-state index contributed by atoms with van der Waals surface area (Å²) in [5.74, 6) is 0. The number of unbranched alkanes of at least 4 members (excludes halogenated alkanes) is 5. The maximum absolute atomic E-state index is 5.34. The summed E-state index contributed by atoms with van der Waals surface area (Å²) in [6.07, 6.45) is 8.05. The number of hydrogen-bond acceptors (Lipinski definition) is 4. The third-order valence-electron chi connectivity index (χ3n) is 2.20. The first kappa shape index (κ1) is 18.2. The van der Waals surface area contributed by atoms with Crippen LogP contribution in [0.3, 0.4) is 0 Å². The van der Waals surface area contributed by atoms with Gasteiger partial charge in [0.05, 0.1) is 0 Å². The van der Waals surface area contributed by atoms with Gasteiger partial charge in [-0.05, 0) is 13.0 Å². The third-order valence-corrected chi connectivity index (χ3v) is 2.20. The average molecular weight is 232 g/mol. The molecule has 100 valence electrons. The van der Waals surface area contributed by atoms with Crippen LogP contribution < -0.4 is 22.5 Å². The summed E-state index contributed by atoms with van der Waals surface area (Å²) >= 11 is 0. The lowest BCUT2D eigenvalue weighted by atomic mass is 10.1. The molecule has 0 aromatic carbocycles. The van der Waals surface area contributed by atoms with Crippen LogP contribution in [0, 0.1) is 0 Å². The van der Waals surface area contributed by atoms with Gasteiger partial charge in [0, 0.05) is 26.2 Å². The number of nitrogens with one attached hydrogen (secondary N) is 1. The van der Waals surface area contributed by atoms with Crippen molar-refractivity contribution >= 4 is 0 Å². The average Bonchev–Trinajstić information content (AvgIpc) is 2.31. The minimum absolute atomic E-state index is 0.694. The van der Waals surface area contributed by atoms with E-state index < -0.39 is 0 Å². The quantitative estimate of drug-likeness (QED) is 0.419. The van der Waals surface area contributed by atoms with Gasteiger partial charge in [-0.25, -0.2) is 0 Å². The normalized spacial score (nSPS) is 9.75. The molecule has 4 heteroatoms. The highest BCUT2D eigenvalue weighted by Crippen LogP contribution is 2.03. The van der Waals surface area contributed by atoms with Crippen LogP contribution >= 0.6 is 0 Å². The molecule has 0 bridgehead atoms. The lowest BCUT2D eigenvalue weighted by Crippen LogP contribution is -2.27. The first-order valence-corrected chi connectivity index (χ1v) is 6.64. The molecule has 0 rings (SSSR count). The molecule has 0 spiro atoms. The summed E-state index contributed by atoms with van der Waals surface area (Å²) in [6, 6.07) is 0. The summed E-state index contributed by atoms with van der Waals surface area (Å²) in [5, 5.41) is 3.03. The van der Waals surface area contributed by atoms with Crippen molar-refractivity contribution in [3.63, 3.8) is 0 Å². The van der Waals surface area contributed by atoms with E-state index in [1.807, 2.05) is 0 Å². The summed E-state index contributed by atoms with van der Waals surface area (Å²) < 4.78 is 0. The molecule has 0 amide bonds. The van der Waals surface area contributed by atoms with Crippen LogP contribution in [0.2, 0.25) is 0 Å². The van der Waals surface area contributed by atoms with Crippen molar-refractivity contribution in [2.75, 3.05) is 32.7 Å². The van der Waals surface area contributed by atoms with E-state index >= 15 is 0 Å². The van der Waals surface area contributed by atoms with E-state index in [-0.39, 0.29) is 0 Å². The summed E-state index contributed by atoms with van der Waals surface area (Å²) in [4.78, 5) is 0. The van der Waals surface area contributed by atoms with Gasteiger partial charge in [0.25, 0.3) is 0 Å².